The molecule has 6 nitrogen and oxygen atoms in total. The summed E-state index contributed by atoms with van der Waals surface area (Å²) >= 11 is 1.22. The average molecular weight is 303 g/mol. The lowest BCUT2D eigenvalue weighted by Gasteiger charge is -1.94. The fourth-order valence-corrected chi connectivity index (χ4v) is 2.54. The van der Waals surface area contributed by atoms with Gasteiger partial charge in [-0.25, -0.2) is 9.78 Å². The number of aromatic amines is 1. The molecule has 0 saturated carbocycles. The molecule has 21 heavy (non-hydrogen) atoms. The summed E-state index contributed by atoms with van der Waals surface area (Å²) in [6, 6.07) is 5.97. The molecule has 2 heterocycles. The Hall–Kier alpha value is -2.28. The molecule has 3 rings (SSSR count). The molecule has 0 aliphatic carbocycles. The molecule has 0 radical (unpaired) electrons. The summed E-state index contributed by atoms with van der Waals surface area (Å²) in [6.45, 7) is 4.06. The normalized spacial score (nSPS) is 11.0. The summed E-state index contributed by atoms with van der Waals surface area (Å²) in [4.78, 5) is 23.2. The lowest BCUT2D eigenvalue weighted by atomic mass is 10.2. The Bertz CT molecular complexity index is 794. The van der Waals surface area contributed by atoms with Crippen molar-refractivity contribution >= 4 is 28.8 Å². The highest BCUT2D eigenvalue weighted by Crippen LogP contribution is 2.27. The Kier molecular flexibility index (Phi) is 3.66. The maximum atomic E-state index is 11.5. The van der Waals surface area contributed by atoms with Crippen molar-refractivity contribution in [1.82, 2.24) is 15.0 Å². The predicted octanol–water partition coefficient (Wildman–Crippen LogP) is 3.19. The summed E-state index contributed by atoms with van der Waals surface area (Å²) in [7, 11) is 0. The minimum Gasteiger partial charge on any atom is -0.461 e. The Balaban J connectivity index is 1.80. The number of fused-ring (bicyclic) bond motifs is 1. The van der Waals surface area contributed by atoms with Crippen molar-refractivity contribution in [3.63, 3.8) is 0 Å². The van der Waals surface area contributed by atoms with Crippen LogP contribution in [0.15, 0.2) is 39.3 Å². The molecule has 0 fully saturated rings. The fourth-order valence-electron chi connectivity index (χ4n) is 1.83. The molecule has 0 amide bonds. The standard InChI is InChI=1S/C14H13N3O3S/c1-3-19-12(18)11-7-20-14(17-11)21-13-15-9-5-4-8(2)6-10(9)16-13/h4-7H,3H2,1-2H3,(H,15,16). The minimum atomic E-state index is -0.492. The minimum absolute atomic E-state index is 0.159. The van der Waals surface area contributed by atoms with E-state index in [-0.39, 0.29) is 5.69 Å². The molecule has 0 aliphatic rings. The summed E-state index contributed by atoms with van der Waals surface area (Å²) in [5.74, 6) is -0.492. The number of oxazole rings is 1. The fraction of sp³-hybridized carbons (Fsp3) is 0.214. The number of rotatable bonds is 4. The predicted molar refractivity (Wildman–Crippen MR) is 77.4 cm³/mol. The number of nitrogens with zero attached hydrogens (tertiary/aromatic N) is 2. The maximum absolute atomic E-state index is 11.5. The monoisotopic (exact) mass is 303 g/mol. The Morgan fingerprint density at radius 3 is 3.10 bits per heavy atom. The molecule has 0 saturated heterocycles. The van der Waals surface area contributed by atoms with Crippen LogP contribution in [-0.2, 0) is 4.74 Å². The number of hydrogen-bond acceptors (Lipinski definition) is 6. The van der Waals surface area contributed by atoms with Crippen molar-refractivity contribution in [3.8, 4) is 0 Å². The molecule has 1 N–H and O–H groups in total. The van der Waals surface area contributed by atoms with Gasteiger partial charge < -0.3 is 14.1 Å². The Labute approximate surface area is 124 Å². The molecule has 3 aromatic rings. The van der Waals surface area contributed by atoms with E-state index < -0.39 is 5.97 Å². The highest BCUT2D eigenvalue weighted by atomic mass is 32.2. The van der Waals surface area contributed by atoms with E-state index in [1.54, 1.807) is 6.92 Å². The lowest BCUT2D eigenvalue weighted by Crippen LogP contribution is -2.04. The highest BCUT2D eigenvalue weighted by molar-refractivity contribution is 7.99. The van der Waals surface area contributed by atoms with E-state index in [4.69, 9.17) is 9.15 Å². The van der Waals surface area contributed by atoms with Gasteiger partial charge in [0.1, 0.15) is 6.26 Å². The van der Waals surface area contributed by atoms with Crippen LogP contribution in [0.2, 0.25) is 0 Å². The molecular weight excluding hydrogens is 290 g/mol. The van der Waals surface area contributed by atoms with Crippen molar-refractivity contribution in [2.24, 2.45) is 0 Å². The third-order valence-corrected chi connectivity index (χ3v) is 3.52. The van der Waals surface area contributed by atoms with E-state index in [2.05, 4.69) is 15.0 Å². The summed E-state index contributed by atoms with van der Waals surface area (Å²) in [5.41, 5.74) is 3.14. The molecule has 1 aromatic carbocycles. The number of H-pyrrole nitrogens is 1. The number of esters is 1. The summed E-state index contributed by atoms with van der Waals surface area (Å²) in [6.07, 6.45) is 1.28. The zero-order valence-corrected chi connectivity index (χ0v) is 12.4. The number of nitrogens with one attached hydrogen (secondary N) is 1. The maximum Gasteiger partial charge on any atom is 0.360 e. The van der Waals surface area contributed by atoms with Gasteiger partial charge in [0, 0.05) is 11.8 Å². The van der Waals surface area contributed by atoms with E-state index in [9.17, 15) is 4.79 Å². The second-order valence-corrected chi connectivity index (χ2v) is 5.32. The van der Waals surface area contributed by atoms with E-state index in [1.807, 2.05) is 25.1 Å². The molecule has 0 unspecified atom stereocenters. The first-order valence-corrected chi connectivity index (χ1v) is 7.24. The number of aromatic nitrogens is 3. The van der Waals surface area contributed by atoms with Crippen molar-refractivity contribution in [2.75, 3.05) is 6.61 Å². The van der Waals surface area contributed by atoms with Crippen molar-refractivity contribution in [3.05, 3.63) is 35.7 Å². The molecule has 7 heteroatoms. The van der Waals surface area contributed by atoms with Crippen LogP contribution in [0.3, 0.4) is 0 Å². The van der Waals surface area contributed by atoms with Gasteiger partial charge >= 0.3 is 5.97 Å². The van der Waals surface area contributed by atoms with Crippen molar-refractivity contribution in [1.29, 1.82) is 0 Å². The van der Waals surface area contributed by atoms with Crippen molar-refractivity contribution in [2.45, 2.75) is 24.2 Å². The largest absolute Gasteiger partial charge is 0.461 e. The number of imidazole rings is 1. The topological polar surface area (TPSA) is 81.0 Å². The zero-order valence-electron chi connectivity index (χ0n) is 11.5. The number of aryl methyl sites for hydroxylation is 1. The van der Waals surface area contributed by atoms with Crippen LogP contribution in [0.1, 0.15) is 23.0 Å². The third kappa shape index (κ3) is 2.92. The molecule has 0 atom stereocenters. The van der Waals surface area contributed by atoms with Crippen LogP contribution < -0.4 is 0 Å². The number of carbonyl (C=O) groups is 1. The molecule has 0 aliphatic heterocycles. The quantitative estimate of drug-likeness (QED) is 0.745. The zero-order chi connectivity index (χ0) is 14.8. The van der Waals surface area contributed by atoms with Crippen LogP contribution in [0.5, 0.6) is 0 Å². The van der Waals surface area contributed by atoms with Gasteiger partial charge in [-0.1, -0.05) is 6.07 Å². The first-order chi connectivity index (χ1) is 10.2. The van der Waals surface area contributed by atoms with Crippen LogP contribution >= 0.6 is 11.8 Å². The smallest absolute Gasteiger partial charge is 0.360 e. The van der Waals surface area contributed by atoms with E-state index in [1.165, 1.54) is 18.0 Å². The second-order valence-electron chi connectivity index (χ2n) is 4.38. The van der Waals surface area contributed by atoms with Gasteiger partial charge in [-0.05, 0) is 31.5 Å². The summed E-state index contributed by atoms with van der Waals surface area (Å²) < 4.78 is 10.1. The molecule has 2 aromatic heterocycles. The van der Waals surface area contributed by atoms with Crippen molar-refractivity contribution < 1.29 is 13.9 Å². The first kappa shape index (κ1) is 13.7. The van der Waals surface area contributed by atoms with Crippen LogP contribution in [-0.4, -0.2) is 27.5 Å². The van der Waals surface area contributed by atoms with Crippen LogP contribution in [0.25, 0.3) is 11.0 Å². The number of ether oxygens (including phenoxy) is 1. The third-order valence-electron chi connectivity index (χ3n) is 2.77. The SMILES string of the molecule is CCOC(=O)c1coc(Sc2nc3ccc(C)cc3[nH]2)n1. The molecule has 0 spiro atoms. The number of hydrogen-bond donors (Lipinski definition) is 1. The Morgan fingerprint density at radius 1 is 1.43 bits per heavy atom. The van der Waals surface area contributed by atoms with E-state index in [0.29, 0.717) is 17.0 Å². The first-order valence-electron chi connectivity index (χ1n) is 6.42. The lowest BCUT2D eigenvalue weighted by molar-refractivity contribution is 0.0519. The highest BCUT2D eigenvalue weighted by Gasteiger charge is 2.15. The van der Waals surface area contributed by atoms with Gasteiger partial charge in [-0.3, -0.25) is 0 Å². The average Bonchev–Trinajstić information content (AvgIpc) is 3.05. The Morgan fingerprint density at radius 2 is 2.29 bits per heavy atom. The molecular formula is C14H13N3O3S. The number of benzene rings is 1. The van der Waals surface area contributed by atoms with Gasteiger partial charge in [0.2, 0.25) is 0 Å². The van der Waals surface area contributed by atoms with E-state index >= 15 is 0 Å². The van der Waals surface area contributed by atoms with Gasteiger partial charge in [0.15, 0.2) is 10.9 Å². The van der Waals surface area contributed by atoms with Crippen LogP contribution in [0, 0.1) is 6.92 Å². The van der Waals surface area contributed by atoms with Gasteiger partial charge in [0.25, 0.3) is 5.22 Å². The second kappa shape index (κ2) is 5.61. The van der Waals surface area contributed by atoms with E-state index in [0.717, 1.165) is 16.6 Å². The van der Waals surface area contributed by atoms with Gasteiger partial charge in [0.05, 0.1) is 17.6 Å². The molecule has 108 valence electrons. The van der Waals surface area contributed by atoms with Crippen LogP contribution in [0.4, 0.5) is 0 Å². The summed E-state index contributed by atoms with van der Waals surface area (Å²) in [5, 5.41) is 1.00. The molecule has 0 bridgehead atoms. The van der Waals surface area contributed by atoms with Gasteiger partial charge in [-0.15, -0.1) is 0 Å². The van der Waals surface area contributed by atoms with Gasteiger partial charge in [-0.2, -0.15) is 4.98 Å². The number of carbonyl (C=O) groups excluding carboxylic acids is 1.